The summed E-state index contributed by atoms with van der Waals surface area (Å²) in [6.45, 7) is 4.44. The fourth-order valence-corrected chi connectivity index (χ4v) is 5.39. The van der Waals surface area contributed by atoms with Gasteiger partial charge in [-0.05, 0) is 24.0 Å². The van der Waals surface area contributed by atoms with Crippen LogP contribution in [0.3, 0.4) is 0 Å². The molecule has 1 aliphatic rings. The highest BCUT2D eigenvalue weighted by atomic mass is 35.5. The molecule has 1 unspecified atom stereocenters. The lowest BCUT2D eigenvalue weighted by Gasteiger charge is -2.41. The van der Waals surface area contributed by atoms with Gasteiger partial charge in [0.1, 0.15) is 0 Å². The average molecular weight is 412 g/mol. The maximum atomic E-state index is 12.5. The highest BCUT2D eigenvalue weighted by Crippen LogP contribution is 2.29. The minimum atomic E-state index is -3.70. The number of piperidine rings is 1. The van der Waals surface area contributed by atoms with Gasteiger partial charge in [-0.1, -0.05) is 32.0 Å². The number of halogens is 1. The molecule has 0 bridgehead atoms. The summed E-state index contributed by atoms with van der Waals surface area (Å²) in [5.74, 6) is -0.273. The SMILES string of the molecule is CC1(C)CN(S(=O)(=O)CCNS(=O)(=O)c2ccccc2)CCC1N.Cl. The second-order valence-electron chi connectivity index (χ2n) is 6.74. The Morgan fingerprint density at radius 2 is 1.80 bits per heavy atom. The first kappa shape index (κ1) is 22.3. The van der Waals surface area contributed by atoms with E-state index in [0.29, 0.717) is 19.5 Å². The maximum absolute atomic E-state index is 12.5. The molecule has 1 aromatic carbocycles. The quantitative estimate of drug-likeness (QED) is 0.718. The lowest BCUT2D eigenvalue weighted by molar-refractivity contribution is 0.155. The van der Waals surface area contributed by atoms with E-state index >= 15 is 0 Å². The third-order valence-corrected chi connectivity index (χ3v) is 7.67. The van der Waals surface area contributed by atoms with E-state index in [-0.39, 0.29) is 41.1 Å². The third-order valence-electron chi connectivity index (χ3n) is 4.38. The van der Waals surface area contributed by atoms with Crippen molar-refractivity contribution in [3.05, 3.63) is 30.3 Å². The molecule has 2 rings (SSSR count). The van der Waals surface area contributed by atoms with E-state index in [4.69, 9.17) is 5.73 Å². The Hall–Kier alpha value is -0.710. The summed E-state index contributed by atoms with van der Waals surface area (Å²) in [7, 11) is -7.23. The molecule has 1 atom stereocenters. The zero-order valence-corrected chi connectivity index (χ0v) is 16.8. The standard InChI is InChI=1S/C15H25N3O4S2.ClH/c1-15(2)12-18(10-8-14(15)16)23(19,20)11-9-17-24(21,22)13-6-4-3-5-7-13;/h3-7,14,17H,8-12,16H2,1-2H3;1H. The zero-order chi connectivity index (χ0) is 18.0. The number of nitrogens with zero attached hydrogens (tertiary/aromatic N) is 1. The summed E-state index contributed by atoms with van der Waals surface area (Å²) < 4.78 is 52.9. The molecular formula is C15H26ClN3O4S2. The summed E-state index contributed by atoms with van der Waals surface area (Å²) in [4.78, 5) is 0.118. The minimum absolute atomic E-state index is 0. The second kappa shape index (κ2) is 8.32. The predicted molar refractivity (Wildman–Crippen MR) is 101 cm³/mol. The van der Waals surface area contributed by atoms with Crippen molar-refractivity contribution < 1.29 is 16.8 Å². The van der Waals surface area contributed by atoms with Crippen molar-refractivity contribution >= 4 is 32.5 Å². The summed E-state index contributed by atoms with van der Waals surface area (Å²) in [5.41, 5.74) is 5.73. The van der Waals surface area contributed by atoms with E-state index in [1.54, 1.807) is 18.2 Å². The van der Waals surface area contributed by atoms with Gasteiger partial charge in [0.2, 0.25) is 20.0 Å². The van der Waals surface area contributed by atoms with E-state index in [9.17, 15) is 16.8 Å². The van der Waals surface area contributed by atoms with E-state index in [0.717, 1.165) is 0 Å². The van der Waals surface area contributed by atoms with Gasteiger partial charge in [-0.3, -0.25) is 0 Å². The van der Waals surface area contributed by atoms with Gasteiger partial charge in [0.15, 0.2) is 0 Å². The van der Waals surface area contributed by atoms with Crippen LogP contribution in [0, 0.1) is 5.41 Å². The van der Waals surface area contributed by atoms with Crippen molar-refractivity contribution in [2.75, 3.05) is 25.4 Å². The van der Waals surface area contributed by atoms with E-state index in [1.807, 2.05) is 13.8 Å². The minimum Gasteiger partial charge on any atom is -0.327 e. The molecule has 0 spiro atoms. The van der Waals surface area contributed by atoms with Gasteiger partial charge >= 0.3 is 0 Å². The van der Waals surface area contributed by atoms with Crippen molar-refractivity contribution in [3.8, 4) is 0 Å². The van der Waals surface area contributed by atoms with Gasteiger partial charge in [0.05, 0.1) is 10.6 Å². The van der Waals surface area contributed by atoms with E-state index in [2.05, 4.69) is 4.72 Å². The third kappa shape index (κ3) is 5.63. The highest BCUT2D eigenvalue weighted by Gasteiger charge is 2.38. The average Bonchev–Trinajstić information content (AvgIpc) is 2.50. The molecule has 144 valence electrons. The zero-order valence-electron chi connectivity index (χ0n) is 14.4. The Labute approximate surface area is 156 Å². The summed E-state index contributed by atoms with van der Waals surface area (Å²) in [6.07, 6.45) is 0.599. The molecule has 0 radical (unpaired) electrons. The van der Waals surface area contributed by atoms with Gasteiger partial charge in [0, 0.05) is 25.7 Å². The van der Waals surface area contributed by atoms with Crippen molar-refractivity contribution in [2.45, 2.75) is 31.2 Å². The Kier molecular flexibility index (Phi) is 7.43. The second-order valence-corrected chi connectivity index (χ2v) is 10.6. The molecule has 1 saturated heterocycles. The Balaban J connectivity index is 0.00000312. The van der Waals surface area contributed by atoms with Crippen LogP contribution >= 0.6 is 12.4 Å². The molecule has 0 aromatic heterocycles. The molecule has 1 aliphatic heterocycles. The first-order chi connectivity index (χ1) is 11.0. The number of rotatable bonds is 6. The van der Waals surface area contributed by atoms with Crippen LogP contribution in [0.4, 0.5) is 0 Å². The van der Waals surface area contributed by atoms with Gasteiger partial charge in [-0.25, -0.2) is 25.9 Å². The molecule has 1 heterocycles. The number of nitrogens with two attached hydrogens (primary N) is 1. The van der Waals surface area contributed by atoms with Crippen LogP contribution in [0.1, 0.15) is 20.3 Å². The fraction of sp³-hybridized carbons (Fsp3) is 0.600. The summed E-state index contributed by atoms with van der Waals surface area (Å²) >= 11 is 0. The maximum Gasteiger partial charge on any atom is 0.240 e. The molecule has 0 amide bonds. The van der Waals surface area contributed by atoms with Crippen LogP contribution in [0.2, 0.25) is 0 Å². The molecule has 7 nitrogen and oxygen atoms in total. The molecule has 0 aliphatic carbocycles. The van der Waals surface area contributed by atoms with Crippen molar-refractivity contribution in [3.63, 3.8) is 0 Å². The number of sulfonamides is 2. The lowest BCUT2D eigenvalue weighted by atomic mass is 9.81. The molecule has 3 N–H and O–H groups in total. The number of hydrogen-bond acceptors (Lipinski definition) is 5. The van der Waals surface area contributed by atoms with Crippen LogP contribution in [-0.4, -0.2) is 52.6 Å². The van der Waals surface area contributed by atoms with Crippen LogP contribution in [0.15, 0.2) is 35.2 Å². The van der Waals surface area contributed by atoms with Gasteiger partial charge in [0.25, 0.3) is 0 Å². The largest absolute Gasteiger partial charge is 0.327 e. The molecular weight excluding hydrogens is 386 g/mol. The van der Waals surface area contributed by atoms with Crippen molar-refractivity contribution in [2.24, 2.45) is 11.1 Å². The van der Waals surface area contributed by atoms with Gasteiger partial charge in [-0.2, -0.15) is 0 Å². The molecule has 25 heavy (non-hydrogen) atoms. The molecule has 1 aromatic rings. The monoisotopic (exact) mass is 411 g/mol. The molecule has 0 saturated carbocycles. The molecule has 1 fully saturated rings. The fourth-order valence-electron chi connectivity index (χ4n) is 2.68. The van der Waals surface area contributed by atoms with Crippen molar-refractivity contribution in [1.29, 1.82) is 0 Å². The number of benzene rings is 1. The summed E-state index contributed by atoms with van der Waals surface area (Å²) in [6, 6.07) is 7.83. The van der Waals surface area contributed by atoms with Crippen molar-refractivity contribution in [1.82, 2.24) is 9.03 Å². The van der Waals surface area contributed by atoms with Crippen LogP contribution in [0.5, 0.6) is 0 Å². The Morgan fingerprint density at radius 3 is 2.36 bits per heavy atom. The number of nitrogens with one attached hydrogen (secondary N) is 1. The van der Waals surface area contributed by atoms with Crippen LogP contribution in [-0.2, 0) is 20.0 Å². The normalized spacial score (nSPS) is 21.5. The Morgan fingerprint density at radius 1 is 1.20 bits per heavy atom. The van der Waals surface area contributed by atoms with Crippen LogP contribution in [0.25, 0.3) is 0 Å². The van der Waals surface area contributed by atoms with E-state index < -0.39 is 20.0 Å². The Bertz CT molecular complexity index is 767. The first-order valence-electron chi connectivity index (χ1n) is 7.83. The lowest BCUT2D eigenvalue weighted by Crippen LogP contribution is -2.54. The van der Waals surface area contributed by atoms with Gasteiger partial charge < -0.3 is 5.73 Å². The first-order valence-corrected chi connectivity index (χ1v) is 10.9. The highest BCUT2D eigenvalue weighted by molar-refractivity contribution is 7.90. The summed E-state index contributed by atoms with van der Waals surface area (Å²) in [5, 5.41) is 0. The van der Waals surface area contributed by atoms with Gasteiger partial charge in [-0.15, -0.1) is 12.4 Å². The van der Waals surface area contributed by atoms with Crippen LogP contribution < -0.4 is 10.5 Å². The smallest absolute Gasteiger partial charge is 0.240 e. The predicted octanol–water partition coefficient (Wildman–Crippen LogP) is 0.776. The topological polar surface area (TPSA) is 110 Å². The van der Waals surface area contributed by atoms with E-state index in [1.165, 1.54) is 16.4 Å². The molecule has 10 heteroatoms. The number of hydrogen-bond donors (Lipinski definition) is 2.